The molecule has 0 aliphatic carbocycles. The molecule has 0 unspecified atom stereocenters. The van der Waals surface area contributed by atoms with E-state index in [0.717, 1.165) is 16.4 Å². The molecule has 1 saturated heterocycles. The van der Waals surface area contributed by atoms with Gasteiger partial charge in [0.15, 0.2) is 0 Å². The first-order valence-corrected chi connectivity index (χ1v) is 9.36. The van der Waals surface area contributed by atoms with Crippen LogP contribution in [0, 0.1) is 0 Å². The lowest BCUT2D eigenvalue weighted by atomic mass is 10.2. The molecule has 0 radical (unpaired) electrons. The van der Waals surface area contributed by atoms with E-state index in [1.165, 1.54) is 5.56 Å². The summed E-state index contributed by atoms with van der Waals surface area (Å²) in [6, 6.07) is 20.4. The summed E-state index contributed by atoms with van der Waals surface area (Å²) >= 11 is 2.36. The molecule has 0 aromatic heterocycles. The van der Waals surface area contributed by atoms with Crippen LogP contribution in [0.4, 0.5) is 0 Å². The normalized spacial score (nSPS) is 20.9. The molecule has 1 fully saturated rings. The third-order valence-corrected chi connectivity index (χ3v) is 5.17. The molecule has 0 bridgehead atoms. The van der Waals surface area contributed by atoms with Gasteiger partial charge in [-0.15, -0.1) is 0 Å². The van der Waals surface area contributed by atoms with Gasteiger partial charge < -0.3 is 9.64 Å². The van der Waals surface area contributed by atoms with E-state index in [2.05, 4.69) is 34.7 Å². The Bertz CT molecular complexity index is 632. The van der Waals surface area contributed by atoms with E-state index < -0.39 is 0 Å². The van der Waals surface area contributed by atoms with Crippen LogP contribution in [0.5, 0.6) is 0 Å². The molecule has 23 heavy (non-hydrogen) atoms. The second kappa shape index (κ2) is 7.93. The minimum Gasteiger partial charge on any atom is -0.364 e. The fraction of sp³-hybridized carbons (Fsp3) is 0.316. The highest BCUT2D eigenvalue weighted by Gasteiger charge is 2.39. The maximum absolute atomic E-state index is 12.7. The molecule has 0 N–H and O–H groups in total. The number of carbonyl (C=O) groups is 1. The van der Waals surface area contributed by atoms with Crippen LogP contribution < -0.4 is 0 Å². The summed E-state index contributed by atoms with van der Waals surface area (Å²) in [6.45, 7) is 1.16. The number of nitrogens with zero attached hydrogens (tertiary/aromatic N) is 1. The number of ether oxygens (including phenoxy) is 1. The quantitative estimate of drug-likeness (QED) is 0.525. The minimum atomic E-state index is -0.321. The number of benzene rings is 2. The molecule has 1 amide bonds. The largest absolute Gasteiger partial charge is 0.364 e. The van der Waals surface area contributed by atoms with Crippen molar-refractivity contribution < 1.29 is 9.53 Å². The Morgan fingerprint density at radius 3 is 2.22 bits per heavy atom. The minimum absolute atomic E-state index is 0.117. The predicted octanol–water partition coefficient (Wildman–Crippen LogP) is 3.81. The lowest BCUT2D eigenvalue weighted by Gasteiger charge is -2.23. The number of hydrogen-bond acceptors (Lipinski definition) is 2. The zero-order chi connectivity index (χ0) is 16.1. The summed E-state index contributed by atoms with van der Waals surface area (Å²) < 4.78 is 6.84. The Labute approximate surface area is 150 Å². The predicted molar refractivity (Wildman–Crippen MR) is 99.3 cm³/mol. The van der Waals surface area contributed by atoms with Crippen LogP contribution in [-0.4, -0.2) is 27.4 Å². The van der Waals surface area contributed by atoms with Gasteiger partial charge in [-0.05, 0) is 11.1 Å². The van der Waals surface area contributed by atoms with E-state index in [1.807, 2.05) is 53.4 Å². The lowest BCUT2D eigenvalue weighted by molar-refractivity contribution is -0.139. The number of hydrogen-bond donors (Lipinski definition) is 0. The molecule has 1 heterocycles. The third-order valence-electron chi connectivity index (χ3n) is 4.15. The van der Waals surface area contributed by atoms with Gasteiger partial charge in [-0.3, -0.25) is 4.79 Å². The van der Waals surface area contributed by atoms with Crippen molar-refractivity contribution in [3.8, 4) is 0 Å². The van der Waals surface area contributed by atoms with Crippen LogP contribution in [0.1, 0.15) is 17.5 Å². The first-order valence-electron chi connectivity index (χ1n) is 7.84. The van der Waals surface area contributed by atoms with Gasteiger partial charge in [0.1, 0.15) is 6.10 Å². The first-order chi connectivity index (χ1) is 11.3. The average molecular weight is 421 g/mol. The number of alkyl halides is 1. The van der Waals surface area contributed by atoms with Crippen molar-refractivity contribution in [2.24, 2.45) is 0 Å². The second-order valence-electron chi connectivity index (χ2n) is 5.78. The summed E-state index contributed by atoms with van der Waals surface area (Å²) in [5.41, 5.74) is 2.27. The molecule has 1 aliphatic rings. The third kappa shape index (κ3) is 4.12. The van der Waals surface area contributed by atoms with Crippen molar-refractivity contribution in [1.82, 2.24) is 4.90 Å². The number of likely N-dealkylation sites (tertiary alicyclic amines) is 1. The van der Waals surface area contributed by atoms with E-state index in [4.69, 9.17) is 4.74 Å². The van der Waals surface area contributed by atoms with Crippen molar-refractivity contribution in [2.75, 3.05) is 4.43 Å². The van der Waals surface area contributed by atoms with Gasteiger partial charge >= 0.3 is 0 Å². The molecule has 2 aromatic rings. The monoisotopic (exact) mass is 421 g/mol. The molecule has 0 saturated carbocycles. The molecular weight excluding hydrogens is 401 g/mol. The van der Waals surface area contributed by atoms with Crippen molar-refractivity contribution in [3.05, 3.63) is 71.8 Å². The second-order valence-corrected chi connectivity index (χ2v) is 6.66. The van der Waals surface area contributed by atoms with E-state index in [1.54, 1.807) is 0 Å². The Balaban J connectivity index is 1.64. The van der Waals surface area contributed by atoms with Crippen molar-refractivity contribution in [2.45, 2.75) is 31.7 Å². The Hall–Kier alpha value is -1.40. The van der Waals surface area contributed by atoms with Gasteiger partial charge in [0.25, 0.3) is 5.91 Å². The highest BCUT2D eigenvalue weighted by molar-refractivity contribution is 14.1. The van der Waals surface area contributed by atoms with Gasteiger partial charge in [-0.1, -0.05) is 83.3 Å². The van der Waals surface area contributed by atoms with Crippen LogP contribution in [0.2, 0.25) is 0 Å². The molecule has 1 aliphatic heterocycles. The average Bonchev–Trinajstić information content (AvgIpc) is 2.90. The fourth-order valence-corrected chi connectivity index (χ4v) is 3.72. The fourth-order valence-electron chi connectivity index (χ4n) is 2.88. The number of halogens is 1. The smallest absolute Gasteiger partial charge is 0.252 e. The van der Waals surface area contributed by atoms with Gasteiger partial charge in [0.2, 0.25) is 0 Å². The zero-order valence-corrected chi connectivity index (χ0v) is 15.1. The molecule has 3 nitrogen and oxygen atoms in total. The van der Waals surface area contributed by atoms with Crippen LogP contribution >= 0.6 is 22.6 Å². The van der Waals surface area contributed by atoms with Crippen LogP contribution in [0.15, 0.2) is 60.7 Å². The molecule has 4 heteroatoms. The van der Waals surface area contributed by atoms with Gasteiger partial charge in [0, 0.05) is 23.4 Å². The Kier molecular flexibility index (Phi) is 5.67. The highest BCUT2D eigenvalue weighted by atomic mass is 127. The first kappa shape index (κ1) is 16.5. The molecule has 2 aromatic carbocycles. The van der Waals surface area contributed by atoms with E-state index in [9.17, 15) is 4.79 Å². The van der Waals surface area contributed by atoms with Gasteiger partial charge in [0.05, 0.1) is 6.61 Å². The molecule has 2 atom stereocenters. The lowest BCUT2D eigenvalue weighted by Crippen LogP contribution is -2.35. The highest BCUT2D eigenvalue weighted by Crippen LogP contribution is 2.26. The SMILES string of the molecule is O=C1[C@H](OCc2ccccc2)C[C@H](CI)N1Cc1ccccc1. The van der Waals surface area contributed by atoms with Crippen molar-refractivity contribution in [3.63, 3.8) is 0 Å². The topological polar surface area (TPSA) is 29.5 Å². The summed E-state index contributed by atoms with van der Waals surface area (Å²) in [4.78, 5) is 14.7. The summed E-state index contributed by atoms with van der Waals surface area (Å²) in [6.07, 6.45) is 0.459. The van der Waals surface area contributed by atoms with Crippen molar-refractivity contribution >= 4 is 28.5 Å². The number of amides is 1. The van der Waals surface area contributed by atoms with Gasteiger partial charge in [-0.25, -0.2) is 0 Å². The number of rotatable bonds is 6. The zero-order valence-electron chi connectivity index (χ0n) is 12.9. The standard InChI is InChI=1S/C19H20INO2/c20-12-17-11-18(23-14-16-9-5-2-6-10-16)19(22)21(17)13-15-7-3-1-4-8-15/h1-10,17-18H,11-14H2/t17-,18-/m1/s1. The van der Waals surface area contributed by atoms with E-state index in [-0.39, 0.29) is 18.1 Å². The van der Waals surface area contributed by atoms with Gasteiger partial charge in [-0.2, -0.15) is 0 Å². The Morgan fingerprint density at radius 1 is 1.00 bits per heavy atom. The number of carbonyl (C=O) groups excluding carboxylic acids is 1. The summed E-state index contributed by atoms with van der Waals surface area (Å²) in [7, 11) is 0. The van der Waals surface area contributed by atoms with E-state index >= 15 is 0 Å². The molecule has 3 rings (SSSR count). The van der Waals surface area contributed by atoms with Crippen LogP contribution in [-0.2, 0) is 22.7 Å². The van der Waals surface area contributed by atoms with Crippen LogP contribution in [0.25, 0.3) is 0 Å². The molecular formula is C19H20INO2. The maximum Gasteiger partial charge on any atom is 0.252 e. The molecule has 0 spiro atoms. The maximum atomic E-state index is 12.7. The Morgan fingerprint density at radius 2 is 1.61 bits per heavy atom. The van der Waals surface area contributed by atoms with Crippen molar-refractivity contribution in [1.29, 1.82) is 0 Å². The van der Waals surface area contributed by atoms with Crippen LogP contribution in [0.3, 0.4) is 0 Å². The van der Waals surface area contributed by atoms with E-state index in [0.29, 0.717) is 13.2 Å². The summed E-state index contributed by atoms with van der Waals surface area (Å²) in [5.74, 6) is 0.117. The molecule has 120 valence electrons. The summed E-state index contributed by atoms with van der Waals surface area (Å²) in [5, 5.41) is 0.